The number of rotatable bonds is 6. The number of hydrogen-bond acceptors (Lipinski definition) is 8. The minimum absolute atomic E-state index is 0.298. The Balaban J connectivity index is 1.38. The topological polar surface area (TPSA) is 149 Å². The van der Waals surface area contributed by atoms with Crippen LogP contribution >= 0.6 is 23.2 Å². The van der Waals surface area contributed by atoms with Crippen LogP contribution in [-0.2, 0) is 4.79 Å². The molecule has 4 heterocycles. The van der Waals surface area contributed by atoms with Gasteiger partial charge in [-0.1, -0.05) is 23.2 Å². The molecule has 0 unspecified atom stereocenters. The number of H-pyrrole nitrogens is 1. The van der Waals surface area contributed by atoms with Gasteiger partial charge in [0.15, 0.2) is 5.82 Å². The second-order valence-electron chi connectivity index (χ2n) is 8.21. The van der Waals surface area contributed by atoms with E-state index in [9.17, 15) is 4.79 Å². The van der Waals surface area contributed by atoms with E-state index in [-0.39, 0.29) is 0 Å². The molecule has 1 saturated heterocycles. The Kier molecular flexibility index (Phi) is 5.51. The predicted octanol–water partition coefficient (Wildman–Crippen LogP) is 2.86. The third kappa shape index (κ3) is 3.89. The highest BCUT2D eigenvalue weighted by Gasteiger charge is 2.45. The zero-order valence-electron chi connectivity index (χ0n) is 18.0. The molecule has 34 heavy (non-hydrogen) atoms. The molecule has 10 nitrogen and oxygen atoms in total. The van der Waals surface area contributed by atoms with E-state index in [0.29, 0.717) is 51.7 Å². The van der Waals surface area contributed by atoms with E-state index in [1.165, 1.54) is 12.4 Å². The molecule has 5 rings (SSSR count). The van der Waals surface area contributed by atoms with E-state index in [1.54, 1.807) is 6.07 Å². The first kappa shape index (κ1) is 22.3. The largest absolute Gasteiger partial charge is 0.486 e. The monoisotopic (exact) mass is 498 g/mol. The quantitative estimate of drug-likeness (QED) is 0.367. The van der Waals surface area contributed by atoms with Gasteiger partial charge < -0.3 is 21.1 Å². The lowest BCUT2D eigenvalue weighted by atomic mass is 9.90. The van der Waals surface area contributed by atoms with Gasteiger partial charge in [-0.25, -0.2) is 0 Å². The number of carbonyl (C=O) groups is 1. The summed E-state index contributed by atoms with van der Waals surface area (Å²) in [4.78, 5) is 17.2. The number of aromatic amines is 1. The molecule has 1 aromatic carbocycles. The molecule has 1 aliphatic heterocycles. The molecule has 1 atom stereocenters. The summed E-state index contributed by atoms with van der Waals surface area (Å²) in [5.74, 6) is 0.689. The molecular weight excluding hydrogens is 479 g/mol. The summed E-state index contributed by atoms with van der Waals surface area (Å²) in [6.45, 7) is 2.46. The van der Waals surface area contributed by atoms with Gasteiger partial charge in [-0.2, -0.15) is 5.10 Å². The number of amides is 1. The molecule has 12 heteroatoms. The summed E-state index contributed by atoms with van der Waals surface area (Å²) < 4.78 is 6.11. The molecule has 0 spiro atoms. The van der Waals surface area contributed by atoms with Crippen LogP contribution in [0.5, 0.6) is 5.75 Å². The Hall–Kier alpha value is -3.47. The Morgan fingerprint density at radius 1 is 1.18 bits per heavy atom. The highest BCUT2D eigenvalue weighted by Crippen LogP contribution is 2.34. The number of hydrogen-bond donors (Lipinski definition) is 3. The van der Waals surface area contributed by atoms with Crippen LogP contribution in [0.25, 0.3) is 22.3 Å². The summed E-state index contributed by atoms with van der Waals surface area (Å²) in [5, 5.41) is 17.7. The minimum Gasteiger partial charge on any atom is -0.486 e. The number of ether oxygens (including phenoxy) is 1. The van der Waals surface area contributed by atoms with Crippen molar-refractivity contribution in [2.24, 2.45) is 11.5 Å². The van der Waals surface area contributed by atoms with Gasteiger partial charge in [0.2, 0.25) is 5.91 Å². The van der Waals surface area contributed by atoms with Crippen molar-refractivity contribution in [3.63, 3.8) is 0 Å². The third-order valence-electron chi connectivity index (χ3n) is 5.80. The molecular formula is C22H20Cl2N8O2. The van der Waals surface area contributed by atoms with E-state index in [2.05, 4.69) is 25.4 Å². The number of anilines is 1. The van der Waals surface area contributed by atoms with Crippen LogP contribution in [0.3, 0.4) is 0 Å². The fourth-order valence-corrected chi connectivity index (χ4v) is 4.58. The fourth-order valence-electron chi connectivity index (χ4n) is 3.91. The normalized spacial score (nSPS) is 15.7. The summed E-state index contributed by atoms with van der Waals surface area (Å²) in [7, 11) is 0. The van der Waals surface area contributed by atoms with Crippen LogP contribution in [0.4, 0.5) is 5.82 Å². The molecule has 4 aromatic rings. The maximum atomic E-state index is 11.4. The minimum atomic E-state index is -1.03. The number of primary amides is 1. The van der Waals surface area contributed by atoms with Crippen LogP contribution in [0.2, 0.25) is 10.0 Å². The van der Waals surface area contributed by atoms with Gasteiger partial charge in [-0.15, -0.1) is 10.2 Å². The number of fused-ring (bicyclic) bond motifs is 1. The van der Waals surface area contributed by atoms with Crippen LogP contribution in [0.1, 0.15) is 18.6 Å². The number of carbonyl (C=O) groups excluding carboxylic acids is 1. The molecule has 1 aliphatic rings. The van der Waals surface area contributed by atoms with Crippen molar-refractivity contribution in [2.75, 3.05) is 18.0 Å². The van der Waals surface area contributed by atoms with Crippen molar-refractivity contribution in [3.05, 3.63) is 58.3 Å². The lowest BCUT2D eigenvalue weighted by Gasteiger charge is -2.45. The molecule has 1 amide bonds. The maximum absolute atomic E-state index is 11.4. The zero-order chi connectivity index (χ0) is 24.0. The Morgan fingerprint density at radius 2 is 1.91 bits per heavy atom. The third-order valence-corrected chi connectivity index (χ3v) is 6.40. The van der Waals surface area contributed by atoms with Crippen molar-refractivity contribution in [1.82, 2.24) is 25.4 Å². The number of nitrogens with two attached hydrogens (primary N) is 2. The second kappa shape index (κ2) is 8.39. The average Bonchev–Trinajstić information content (AvgIpc) is 3.20. The first-order valence-electron chi connectivity index (χ1n) is 10.4. The van der Waals surface area contributed by atoms with Crippen LogP contribution in [-0.4, -0.2) is 49.9 Å². The Labute approximate surface area is 204 Å². The predicted molar refractivity (Wildman–Crippen MR) is 129 cm³/mol. The molecule has 0 saturated carbocycles. The smallest absolute Gasteiger partial charge is 0.241 e. The first-order valence-corrected chi connectivity index (χ1v) is 11.1. The molecule has 0 aliphatic carbocycles. The van der Waals surface area contributed by atoms with Crippen molar-refractivity contribution in [2.45, 2.75) is 18.6 Å². The van der Waals surface area contributed by atoms with E-state index < -0.39 is 17.6 Å². The average molecular weight is 499 g/mol. The highest BCUT2D eigenvalue weighted by molar-refractivity contribution is 6.35. The number of aromatic nitrogens is 5. The molecule has 1 fully saturated rings. The fraction of sp³-hybridized carbons (Fsp3) is 0.227. The highest BCUT2D eigenvalue weighted by atomic mass is 35.5. The van der Waals surface area contributed by atoms with Crippen LogP contribution in [0, 0.1) is 0 Å². The molecule has 3 aromatic heterocycles. The molecule has 5 N–H and O–H groups in total. The van der Waals surface area contributed by atoms with Gasteiger partial charge in [0.25, 0.3) is 0 Å². The van der Waals surface area contributed by atoms with Crippen molar-refractivity contribution < 1.29 is 9.53 Å². The maximum Gasteiger partial charge on any atom is 0.241 e. The number of nitrogens with one attached hydrogen (secondary N) is 1. The summed E-state index contributed by atoms with van der Waals surface area (Å²) in [5.41, 5.74) is 12.9. The number of nitrogens with zero attached hydrogens (tertiary/aromatic N) is 5. The van der Waals surface area contributed by atoms with E-state index in [1.807, 2.05) is 36.1 Å². The summed E-state index contributed by atoms with van der Waals surface area (Å²) in [6, 6.07) is 9.19. The van der Waals surface area contributed by atoms with E-state index in [4.69, 9.17) is 39.4 Å². The summed E-state index contributed by atoms with van der Waals surface area (Å²) in [6.07, 6.45) is 2.66. The Morgan fingerprint density at radius 3 is 2.56 bits per heavy atom. The number of benzene rings is 1. The van der Waals surface area contributed by atoms with Gasteiger partial charge >= 0.3 is 0 Å². The summed E-state index contributed by atoms with van der Waals surface area (Å²) >= 11 is 12.5. The van der Waals surface area contributed by atoms with Crippen LogP contribution in [0.15, 0.2) is 42.7 Å². The van der Waals surface area contributed by atoms with Crippen molar-refractivity contribution in [3.8, 4) is 17.1 Å². The number of halogens is 2. The standard InChI is InChI=1S/C22H20Cl2N8O2/c1-11(19-14(23)7-27-8-15(19)24)34-12-2-3-16-13(6-12)20(31-28-16)17-4-5-18(30-29-17)32-9-22(26,10-32)21(25)33/h2-8,11H,9-10,26H2,1H3,(H2,25,33)(H,28,31)/t11-/m1/s1. The van der Waals surface area contributed by atoms with Crippen molar-refractivity contribution >= 4 is 45.8 Å². The van der Waals surface area contributed by atoms with Gasteiger partial charge in [0.05, 0.1) is 15.6 Å². The van der Waals surface area contributed by atoms with Gasteiger partial charge in [-0.05, 0) is 37.3 Å². The lowest BCUT2D eigenvalue weighted by Crippen LogP contribution is -2.73. The first-order chi connectivity index (χ1) is 16.2. The van der Waals surface area contributed by atoms with Gasteiger partial charge in [0.1, 0.15) is 28.8 Å². The molecule has 174 valence electrons. The lowest BCUT2D eigenvalue weighted by molar-refractivity contribution is -0.123. The SMILES string of the molecule is C[C@@H](Oc1ccc2[nH]nc(-c3ccc(N4CC(N)(C(N)=O)C4)nn3)c2c1)c1c(Cl)cncc1Cl. The van der Waals surface area contributed by atoms with Crippen LogP contribution < -0.4 is 21.1 Å². The molecule has 0 bridgehead atoms. The van der Waals surface area contributed by atoms with E-state index >= 15 is 0 Å². The number of pyridine rings is 1. The second-order valence-corrected chi connectivity index (χ2v) is 9.02. The Bertz CT molecular complexity index is 1370. The zero-order valence-corrected chi connectivity index (χ0v) is 19.5. The van der Waals surface area contributed by atoms with Gasteiger partial charge in [-0.3, -0.25) is 14.9 Å². The van der Waals surface area contributed by atoms with Crippen molar-refractivity contribution in [1.29, 1.82) is 0 Å². The molecule has 0 radical (unpaired) electrons. The van der Waals surface area contributed by atoms with Gasteiger partial charge in [0, 0.05) is 36.4 Å². The van der Waals surface area contributed by atoms with E-state index in [0.717, 1.165) is 10.9 Å².